The van der Waals surface area contributed by atoms with Gasteiger partial charge in [-0.05, 0) is 49.6 Å². The Morgan fingerprint density at radius 1 is 0.926 bits per heavy atom. The first-order valence-corrected chi connectivity index (χ1v) is 8.18. The lowest BCUT2D eigenvalue weighted by Crippen LogP contribution is -2.35. The first kappa shape index (κ1) is 19.3. The molecule has 0 saturated heterocycles. The fraction of sp³-hybridized carbons (Fsp3) is 0.316. The van der Waals surface area contributed by atoms with E-state index in [1.807, 2.05) is 13.0 Å². The number of fused-ring (bicyclic) bond motifs is 1. The van der Waals surface area contributed by atoms with Gasteiger partial charge in [-0.2, -0.15) is 26.3 Å². The number of rotatable bonds is 1. The summed E-state index contributed by atoms with van der Waals surface area (Å²) < 4.78 is 78.2. The molecule has 1 aliphatic heterocycles. The van der Waals surface area contributed by atoms with E-state index in [1.165, 1.54) is 4.90 Å². The molecule has 8 heteroatoms. The highest BCUT2D eigenvalue weighted by molar-refractivity contribution is 6.07. The molecule has 0 aliphatic carbocycles. The summed E-state index contributed by atoms with van der Waals surface area (Å²) >= 11 is 0. The van der Waals surface area contributed by atoms with Gasteiger partial charge in [0, 0.05) is 17.8 Å². The molecule has 0 N–H and O–H groups in total. The van der Waals surface area contributed by atoms with E-state index < -0.39 is 35.0 Å². The minimum absolute atomic E-state index is 0.0181. The van der Waals surface area contributed by atoms with Crippen molar-refractivity contribution >= 4 is 11.6 Å². The molecule has 144 valence electrons. The Bertz CT molecular complexity index is 852. The van der Waals surface area contributed by atoms with Gasteiger partial charge in [0.25, 0.3) is 5.91 Å². The largest absolute Gasteiger partial charge is 0.416 e. The van der Waals surface area contributed by atoms with Crippen molar-refractivity contribution in [2.24, 2.45) is 0 Å². The molecule has 1 aliphatic rings. The van der Waals surface area contributed by atoms with Crippen molar-refractivity contribution in [3.63, 3.8) is 0 Å². The summed E-state index contributed by atoms with van der Waals surface area (Å²) in [6.07, 6.45) is -8.72. The topological polar surface area (TPSA) is 20.3 Å². The van der Waals surface area contributed by atoms with Gasteiger partial charge < -0.3 is 4.90 Å². The zero-order chi connectivity index (χ0) is 20.0. The molecular formula is C19H15F6NO. The van der Waals surface area contributed by atoms with Crippen LogP contribution in [0.3, 0.4) is 0 Å². The standard InChI is InChI=1S/C19H15F6NO/c1-11-4-5-16-12(7-11)3-2-6-26(16)17(27)13-8-14(18(20,21)22)10-15(9-13)19(23,24)25/h4-5,7-10H,2-3,6H2,1H3. The van der Waals surface area contributed by atoms with Crippen LogP contribution in [0.4, 0.5) is 32.0 Å². The highest BCUT2D eigenvalue weighted by Gasteiger charge is 2.38. The van der Waals surface area contributed by atoms with E-state index in [0.717, 1.165) is 11.1 Å². The van der Waals surface area contributed by atoms with Gasteiger partial charge in [0.05, 0.1) is 11.1 Å². The number of carbonyl (C=O) groups excluding carboxylic acids is 1. The van der Waals surface area contributed by atoms with Crippen molar-refractivity contribution in [1.82, 2.24) is 0 Å². The van der Waals surface area contributed by atoms with Crippen molar-refractivity contribution in [1.29, 1.82) is 0 Å². The highest BCUT2D eigenvalue weighted by Crippen LogP contribution is 2.37. The molecular weight excluding hydrogens is 372 g/mol. The number of hydrogen-bond donors (Lipinski definition) is 0. The first-order valence-electron chi connectivity index (χ1n) is 8.18. The Morgan fingerprint density at radius 3 is 2.07 bits per heavy atom. The number of halogens is 6. The third-order valence-corrected chi connectivity index (χ3v) is 4.43. The number of anilines is 1. The fourth-order valence-corrected chi connectivity index (χ4v) is 3.17. The molecule has 0 atom stereocenters. The molecule has 1 heterocycles. The number of amides is 1. The average Bonchev–Trinajstić information content (AvgIpc) is 2.58. The predicted molar refractivity (Wildman–Crippen MR) is 87.6 cm³/mol. The summed E-state index contributed by atoms with van der Waals surface area (Å²) in [5.74, 6) is -0.878. The predicted octanol–water partition coefficient (Wildman–Crippen LogP) is 5.63. The van der Waals surface area contributed by atoms with E-state index in [1.54, 1.807) is 12.1 Å². The Hall–Kier alpha value is -2.51. The van der Waals surface area contributed by atoms with Crippen LogP contribution in [0, 0.1) is 6.92 Å². The maximum absolute atomic E-state index is 13.0. The molecule has 3 rings (SSSR count). The van der Waals surface area contributed by atoms with Crippen LogP contribution in [-0.4, -0.2) is 12.5 Å². The third kappa shape index (κ3) is 3.94. The Kier molecular flexibility index (Phi) is 4.69. The van der Waals surface area contributed by atoms with Gasteiger partial charge in [-0.1, -0.05) is 17.7 Å². The van der Waals surface area contributed by atoms with E-state index in [4.69, 9.17) is 0 Å². The van der Waals surface area contributed by atoms with Gasteiger partial charge in [0.1, 0.15) is 0 Å². The number of carbonyl (C=O) groups is 1. The van der Waals surface area contributed by atoms with Crippen molar-refractivity contribution in [2.45, 2.75) is 32.1 Å². The van der Waals surface area contributed by atoms with Crippen LogP contribution < -0.4 is 4.90 Å². The third-order valence-electron chi connectivity index (χ3n) is 4.43. The molecule has 2 aromatic rings. The average molecular weight is 387 g/mol. The van der Waals surface area contributed by atoms with Crippen LogP contribution in [0.25, 0.3) is 0 Å². The number of aryl methyl sites for hydroxylation is 2. The van der Waals surface area contributed by atoms with Gasteiger partial charge in [0.15, 0.2) is 0 Å². The molecule has 2 aromatic carbocycles. The number of alkyl halides is 6. The van der Waals surface area contributed by atoms with Gasteiger partial charge in [-0.25, -0.2) is 0 Å². The van der Waals surface area contributed by atoms with Crippen LogP contribution in [0.5, 0.6) is 0 Å². The Labute approximate surface area is 151 Å². The molecule has 2 nitrogen and oxygen atoms in total. The van der Waals surface area contributed by atoms with E-state index >= 15 is 0 Å². The van der Waals surface area contributed by atoms with Gasteiger partial charge >= 0.3 is 12.4 Å². The lowest BCUT2D eigenvalue weighted by Gasteiger charge is -2.30. The van der Waals surface area contributed by atoms with E-state index in [0.29, 0.717) is 30.7 Å². The lowest BCUT2D eigenvalue weighted by molar-refractivity contribution is -0.143. The molecule has 0 saturated carbocycles. The van der Waals surface area contributed by atoms with Gasteiger partial charge in [-0.15, -0.1) is 0 Å². The van der Waals surface area contributed by atoms with Crippen LogP contribution in [0.15, 0.2) is 36.4 Å². The second-order valence-corrected chi connectivity index (χ2v) is 6.49. The van der Waals surface area contributed by atoms with E-state index in [-0.39, 0.29) is 12.6 Å². The normalized spacial score (nSPS) is 14.9. The smallest absolute Gasteiger partial charge is 0.308 e. The fourth-order valence-electron chi connectivity index (χ4n) is 3.17. The quantitative estimate of drug-likeness (QED) is 0.581. The summed E-state index contributed by atoms with van der Waals surface area (Å²) in [5.41, 5.74) is -1.31. The van der Waals surface area contributed by atoms with E-state index in [9.17, 15) is 31.1 Å². The van der Waals surface area contributed by atoms with Crippen molar-refractivity contribution in [2.75, 3.05) is 11.4 Å². The molecule has 0 aromatic heterocycles. The Balaban J connectivity index is 2.08. The second-order valence-electron chi connectivity index (χ2n) is 6.49. The number of benzene rings is 2. The van der Waals surface area contributed by atoms with Gasteiger partial charge in [0.2, 0.25) is 0 Å². The minimum Gasteiger partial charge on any atom is -0.308 e. The SMILES string of the molecule is Cc1ccc2c(c1)CCCN2C(=O)c1cc(C(F)(F)F)cc(C(F)(F)F)c1. The van der Waals surface area contributed by atoms with E-state index in [2.05, 4.69) is 0 Å². The molecule has 0 unspecified atom stereocenters. The first-order chi connectivity index (χ1) is 12.5. The second kappa shape index (κ2) is 6.58. The lowest BCUT2D eigenvalue weighted by atomic mass is 9.98. The summed E-state index contributed by atoms with van der Waals surface area (Å²) in [6.45, 7) is 2.09. The van der Waals surface area contributed by atoms with Crippen LogP contribution in [0.2, 0.25) is 0 Å². The van der Waals surface area contributed by atoms with Crippen molar-refractivity contribution < 1.29 is 31.1 Å². The molecule has 27 heavy (non-hydrogen) atoms. The van der Waals surface area contributed by atoms with Crippen molar-refractivity contribution in [3.05, 3.63) is 64.2 Å². The minimum atomic E-state index is -4.99. The molecule has 1 amide bonds. The summed E-state index contributed by atoms with van der Waals surface area (Å²) in [7, 11) is 0. The molecule has 0 spiro atoms. The molecule has 0 fully saturated rings. The highest BCUT2D eigenvalue weighted by atomic mass is 19.4. The maximum atomic E-state index is 13.0. The zero-order valence-electron chi connectivity index (χ0n) is 14.2. The van der Waals surface area contributed by atoms with Gasteiger partial charge in [-0.3, -0.25) is 4.79 Å². The monoisotopic (exact) mass is 387 g/mol. The Morgan fingerprint density at radius 2 is 1.52 bits per heavy atom. The van der Waals surface area contributed by atoms with Crippen molar-refractivity contribution in [3.8, 4) is 0 Å². The maximum Gasteiger partial charge on any atom is 0.416 e. The van der Waals surface area contributed by atoms with Crippen LogP contribution in [-0.2, 0) is 18.8 Å². The summed E-state index contributed by atoms with van der Waals surface area (Å²) in [4.78, 5) is 14.0. The molecule has 0 bridgehead atoms. The molecule has 0 radical (unpaired) electrons. The van der Waals surface area contributed by atoms with Crippen LogP contribution >= 0.6 is 0 Å². The zero-order valence-corrected chi connectivity index (χ0v) is 14.2. The van der Waals surface area contributed by atoms with Crippen LogP contribution in [0.1, 0.15) is 39.0 Å². The summed E-state index contributed by atoms with van der Waals surface area (Å²) in [5, 5.41) is 0. The summed E-state index contributed by atoms with van der Waals surface area (Å²) in [6, 6.07) is 6.24. The number of nitrogens with zero attached hydrogens (tertiary/aromatic N) is 1. The number of hydrogen-bond acceptors (Lipinski definition) is 1.